The lowest BCUT2D eigenvalue weighted by atomic mass is 9.74. The van der Waals surface area contributed by atoms with Crippen LogP contribution in [0.15, 0.2) is 121 Å². The Balaban J connectivity index is 1.35. The second-order valence-corrected chi connectivity index (χ2v) is 12.9. The molecule has 12 heteroatoms. The first-order valence-corrected chi connectivity index (χ1v) is 15.6. The van der Waals surface area contributed by atoms with Gasteiger partial charge in [-0.25, -0.2) is 0 Å². The molecule has 0 spiro atoms. The van der Waals surface area contributed by atoms with Crippen LogP contribution in [-0.4, -0.2) is 24.7 Å². The Morgan fingerprint density at radius 1 is 0.288 bits per heavy atom. The molecule has 0 aliphatic heterocycles. The molecule has 0 radical (unpaired) electrons. The van der Waals surface area contributed by atoms with Crippen LogP contribution in [0, 0.1) is 0 Å². The van der Waals surface area contributed by atoms with Gasteiger partial charge in [0.15, 0.2) is 0 Å². The average Bonchev–Trinajstić information content (AvgIpc) is 3.55. The third-order valence-electron chi connectivity index (χ3n) is 10.3. The van der Waals surface area contributed by atoms with Gasteiger partial charge in [0.25, 0.3) is 0 Å². The van der Waals surface area contributed by atoms with Crippen molar-refractivity contribution in [2.45, 2.75) is 35.5 Å². The predicted octanol–water partition coefficient (Wildman–Crippen LogP) is 13.0. The Hall–Kier alpha value is -5.26. The van der Waals surface area contributed by atoms with Crippen LogP contribution in [0.1, 0.15) is 22.3 Å². The van der Waals surface area contributed by atoms with Gasteiger partial charge in [0.05, 0.1) is 0 Å². The Labute approximate surface area is 287 Å². The van der Waals surface area contributed by atoms with E-state index in [0.29, 0.717) is 29.1 Å². The molecule has 2 aliphatic rings. The minimum absolute atomic E-state index is 0.0734. The minimum atomic E-state index is -5.98. The van der Waals surface area contributed by atoms with Gasteiger partial charge >= 0.3 is 24.7 Å². The van der Waals surface area contributed by atoms with Crippen LogP contribution in [0.5, 0.6) is 0 Å². The third kappa shape index (κ3) is 4.32. The van der Waals surface area contributed by atoms with E-state index in [1.807, 2.05) is 0 Å². The fourth-order valence-corrected chi connectivity index (χ4v) is 8.05. The second-order valence-electron chi connectivity index (χ2n) is 12.9. The summed E-state index contributed by atoms with van der Waals surface area (Å²) < 4.78 is 180. The standard InChI is InChI=1S/C40H20F12/c41-37(42,43)35(38(44,45)46)31-8-4-3-7-27(31)28-14-12-25(19-32(28)35)26-13-16-30-29-15-11-24(23-10-9-21-5-1-2-6-22(21)17-23)18-33(29)36(34(30)20-26,39(47,48)49)40(50,51)52/h1-20H. The van der Waals surface area contributed by atoms with Gasteiger partial charge in [0, 0.05) is 0 Å². The van der Waals surface area contributed by atoms with Crippen molar-refractivity contribution in [3.63, 3.8) is 0 Å². The summed E-state index contributed by atoms with van der Waals surface area (Å²) in [5.74, 6) is 0. The van der Waals surface area contributed by atoms with Crippen LogP contribution in [0.25, 0.3) is 55.3 Å². The average molecular weight is 729 g/mol. The van der Waals surface area contributed by atoms with E-state index < -0.39 is 80.0 Å². The number of fused-ring (bicyclic) bond motifs is 7. The highest BCUT2D eigenvalue weighted by molar-refractivity contribution is 5.91. The molecule has 0 bridgehead atoms. The van der Waals surface area contributed by atoms with Crippen molar-refractivity contribution in [1.82, 2.24) is 0 Å². The third-order valence-corrected chi connectivity index (χ3v) is 10.3. The van der Waals surface area contributed by atoms with Crippen molar-refractivity contribution >= 4 is 10.8 Å². The van der Waals surface area contributed by atoms with E-state index in [0.717, 1.165) is 53.9 Å². The molecule has 0 N–H and O–H groups in total. The smallest absolute Gasteiger partial charge is 0.169 e. The first kappa shape index (κ1) is 33.9. The van der Waals surface area contributed by atoms with Gasteiger partial charge in [0.1, 0.15) is 0 Å². The molecule has 6 aromatic rings. The molecule has 6 aromatic carbocycles. The highest BCUT2D eigenvalue weighted by atomic mass is 19.4. The quantitative estimate of drug-likeness (QED) is 0.156. The van der Waals surface area contributed by atoms with Crippen LogP contribution in [0.3, 0.4) is 0 Å². The van der Waals surface area contributed by atoms with E-state index in [1.165, 1.54) is 12.1 Å². The van der Waals surface area contributed by atoms with Gasteiger partial charge in [-0.05, 0) is 102 Å². The van der Waals surface area contributed by atoms with Crippen LogP contribution >= 0.6 is 0 Å². The van der Waals surface area contributed by atoms with E-state index in [4.69, 9.17) is 0 Å². The van der Waals surface area contributed by atoms with Crippen LogP contribution in [0.2, 0.25) is 0 Å². The molecule has 264 valence electrons. The summed E-state index contributed by atoms with van der Waals surface area (Å²) in [4.78, 5) is 0. The van der Waals surface area contributed by atoms with Gasteiger partial charge in [-0.3, -0.25) is 0 Å². The maximum absolute atomic E-state index is 15.3. The van der Waals surface area contributed by atoms with E-state index >= 15 is 26.3 Å². The summed E-state index contributed by atoms with van der Waals surface area (Å²) in [6, 6.07) is 24.7. The molecule has 0 saturated heterocycles. The summed E-state index contributed by atoms with van der Waals surface area (Å²) in [5, 5.41) is 1.49. The van der Waals surface area contributed by atoms with Crippen molar-refractivity contribution in [3.8, 4) is 44.5 Å². The Bertz CT molecular complexity index is 2400. The molecule has 8 rings (SSSR count). The molecule has 0 atom stereocenters. The zero-order chi connectivity index (χ0) is 37.2. The number of alkyl halides is 12. The molecule has 2 aliphatic carbocycles. The Morgan fingerprint density at radius 3 is 1.06 bits per heavy atom. The highest BCUT2D eigenvalue weighted by Gasteiger charge is 2.76. The summed E-state index contributed by atoms with van der Waals surface area (Å²) in [5.41, 5.74) is -15.7. The first-order chi connectivity index (χ1) is 24.3. The van der Waals surface area contributed by atoms with Crippen LogP contribution in [-0.2, 0) is 10.8 Å². The molecule has 0 nitrogen and oxygen atoms in total. The largest absolute Gasteiger partial charge is 0.411 e. The molecule has 0 saturated carbocycles. The van der Waals surface area contributed by atoms with E-state index in [1.54, 1.807) is 42.5 Å². The number of hydrogen-bond donors (Lipinski definition) is 0. The lowest BCUT2D eigenvalue weighted by Crippen LogP contribution is -2.53. The van der Waals surface area contributed by atoms with Gasteiger partial charge in [0.2, 0.25) is 10.8 Å². The monoisotopic (exact) mass is 728 g/mol. The lowest BCUT2D eigenvalue weighted by Gasteiger charge is -2.36. The number of rotatable bonds is 2. The van der Waals surface area contributed by atoms with E-state index in [-0.39, 0.29) is 16.7 Å². The summed E-state index contributed by atoms with van der Waals surface area (Å²) in [6.45, 7) is 0. The van der Waals surface area contributed by atoms with Crippen molar-refractivity contribution < 1.29 is 52.7 Å². The molecule has 0 heterocycles. The van der Waals surface area contributed by atoms with Crippen molar-refractivity contribution in [2.24, 2.45) is 0 Å². The van der Waals surface area contributed by atoms with Crippen molar-refractivity contribution in [1.29, 1.82) is 0 Å². The fourth-order valence-electron chi connectivity index (χ4n) is 8.05. The molecule has 0 amide bonds. The number of hydrogen-bond acceptors (Lipinski definition) is 0. The molecule has 52 heavy (non-hydrogen) atoms. The maximum Gasteiger partial charge on any atom is 0.411 e. The maximum atomic E-state index is 15.3. The molecule has 0 aromatic heterocycles. The first-order valence-electron chi connectivity index (χ1n) is 15.6. The van der Waals surface area contributed by atoms with Crippen molar-refractivity contribution in [2.75, 3.05) is 0 Å². The minimum Gasteiger partial charge on any atom is -0.169 e. The number of benzene rings is 6. The lowest BCUT2D eigenvalue weighted by molar-refractivity contribution is -0.288. The van der Waals surface area contributed by atoms with Gasteiger partial charge in [-0.1, -0.05) is 97.1 Å². The molecular formula is C40H20F12. The summed E-state index contributed by atoms with van der Waals surface area (Å²) >= 11 is 0. The molecule has 0 fully saturated rings. The van der Waals surface area contributed by atoms with Gasteiger partial charge in [-0.15, -0.1) is 0 Å². The molecular weight excluding hydrogens is 708 g/mol. The van der Waals surface area contributed by atoms with Crippen LogP contribution < -0.4 is 0 Å². The van der Waals surface area contributed by atoms with Crippen molar-refractivity contribution in [3.05, 3.63) is 144 Å². The van der Waals surface area contributed by atoms with E-state index in [9.17, 15) is 26.3 Å². The zero-order valence-corrected chi connectivity index (χ0v) is 26.1. The van der Waals surface area contributed by atoms with E-state index in [2.05, 4.69) is 0 Å². The highest BCUT2D eigenvalue weighted by Crippen LogP contribution is 2.66. The summed E-state index contributed by atoms with van der Waals surface area (Å²) in [7, 11) is 0. The Kier molecular flexibility index (Phi) is 6.93. The molecule has 0 unspecified atom stereocenters. The summed E-state index contributed by atoms with van der Waals surface area (Å²) in [6.07, 6.45) is -23.8. The zero-order valence-electron chi connectivity index (χ0n) is 26.1. The van der Waals surface area contributed by atoms with Gasteiger partial charge in [-0.2, -0.15) is 52.7 Å². The van der Waals surface area contributed by atoms with Crippen LogP contribution in [0.4, 0.5) is 52.7 Å². The fraction of sp³-hybridized carbons (Fsp3) is 0.150. The SMILES string of the molecule is FC(F)(F)C1(C(F)(F)F)c2ccccc2-c2ccc(-c3ccc4c(c3)C(C(F)(F)F)(C(F)(F)F)c3cc(-c5ccc6ccccc6c5)ccc3-4)cc21. The normalized spacial score (nSPS) is 16.0. The second kappa shape index (κ2) is 10.6. The topological polar surface area (TPSA) is 0 Å². The number of halogens is 12. The Morgan fingerprint density at radius 2 is 0.615 bits per heavy atom. The van der Waals surface area contributed by atoms with Gasteiger partial charge < -0.3 is 0 Å². The predicted molar refractivity (Wildman–Crippen MR) is 171 cm³/mol.